The van der Waals surface area contributed by atoms with E-state index in [9.17, 15) is 0 Å². The van der Waals surface area contributed by atoms with Crippen molar-refractivity contribution in [1.29, 1.82) is 5.26 Å². The largest absolute Gasteiger partial charge is 0.403 e. The van der Waals surface area contributed by atoms with Gasteiger partial charge in [-0.05, 0) is 19.1 Å². The molecule has 0 spiro atoms. The first kappa shape index (κ1) is 12.9. The molecule has 0 amide bonds. The zero-order valence-corrected chi connectivity index (χ0v) is 11.6. The molecule has 7 heteroatoms. The summed E-state index contributed by atoms with van der Waals surface area (Å²) < 4.78 is 8.69. The molecule has 0 saturated carbocycles. The third-order valence-corrected chi connectivity index (χ3v) is 2.96. The molecular formula is C14H12N6O. The highest BCUT2D eigenvalue weighted by Gasteiger charge is 2.17. The van der Waals surface area contributed by atoms with Crippen LogP contribution in [0.4, 0.5) is 0 Å². The highest BCUT2D eigenvalue weighted by Crippen LogP contribution is 2.24. The van der Waals surface area contributed by atoms with Crippen molar-refractivity contribution in [3.05, 3.63) is 47.9 Å². The lowest BCUT2D eigenvalue weighted by Gasteiger charge is -2.01. The minimum atomic E-state index is 0.165. The van der Waals surface area contributed by atoms with Crippen LogP contribution in [-0.4, -0.2) is 24.5 Å². The van der Waals surface area contributed by atoms with Gasteiger partial charge in [-0.25, -0.2) is 9.36 Å². The Bertz CT molecular complexity index is 812. The Kier molecular flexibility index (Phi) is 3.12. The van der Waals surface area contributed by atoms with Gasteiger partial charge >= 0.3 is 6.01 Å². The molecule has 104 valence electrons. The number of hydrogen-bond acceptors (Lipinski definition) is 5. The van der Waals surface area contributed by atoms with Crippen LogP contribution in [0.15, 0.2) is 36.7 Å². The highest BCUT2D eigenvalue weighted by molar-refractivity contribution is 5.43. The Morgan fingerprint density at radius 1 is 1.19 bits per heavy atom. The zero-order valence-electron chi connectivity index (χ0n) is 11.6. The summed E-state index contributed by atoms with van der Waals surface area (Å²) >= 11 is 0. The molecule has 0 radical (unpaired) electrons. The lowest BCUT2D eigenvalue weighted by molar-refractivity contribution is 0.398. The second kappa shape index (κ2) is 5.09. The molecule has 2 heterocycles. The first-order valence-corrected chi connectivity index (χ1v) is 6.27. The van der Waals surface area contributed by atoms with Gasteiger partial charge in [-0.15, -0.1) is 5.10 Å². The summed E-state index contributed by atoms with van der Waals surface area (Å²) in [6.45, 7) is 1.75. The van der Waals surface area contributed by atoms with E-state index < -0.39 is 0 Å². The zero-order chi connectivity index (χ0) is 14.8. The van der Waals surface area contributed by atoms with Crippen LogP contribution < -0.4 is 4.74 Å². The molecule has 3 aromatic rings. The number of rotatable bonds is 3. The summed E-state index contributed by atoms with van der Waals surface area (Å²) in [4.78, 5) is 4.09. The molecule has 0 unspecified atom stereocenters. The van der Waals surface area contributed by atoms with Crippen LogP contribution >= 0.6 is 0 Å². The van der Waals surface area contributed by atoms with Crippen molar-refractivity contribution in [2.75, 3.05) is 0 Å². The van der Waals surface area contributed by atoms with Crippen LogP contribution in [0.3, 0.4) is 0 Å². The number of nitriles is 1. The predicted molar refractivity (Wildman–Crippen MR) is 74.1 cm³/mol. The van der Waals surface area contributed by atoms with Gasteiger partial charge in [0.05, 0.1) is 11.4 Å². The molecule has 3 rings (SSSR count). The summed E-state index contributed by atoms with van der Waals surface area (Å²) in [6.07, 6.45) is 1.56. The van der Waals surface area contributed by atoms with Crippen molar-refractivity contribution in [3.8, 4) is 23.6 Å². The topological polar surface area (TPSA) is 81.5 Å². The maximum absolute atomic E-state index is 9.14. The number of ether oxygens (including phenoxy) is 1. The minimum absolute atomic E-state index is 0.165. The number of hydrogen-bond donors (Lipinski definition) is 0. The minimum Gasteiger partial charge on any atom is -0.403 e. The fraction of sp³-hybridized carbons (Fsp3) is 0.143. The number of aromatic nitrogens is 5. The third kappa shape index (κ3) is 2.34. The lowest BCUT2D eigenvalue weighted by Crippen LogP contribution is -1.98. The molecule has 2 aromatic heterocycles. The summed E-state index contributed by atoms with van der Waals surface area (Å²) in [5.41, 5.74) is 1.87. The van der Waals surface area contributed by atoms with Crippen molar-refractivity contribution >= 4 is 0 Å². The Morgan fingerprint density at radius 2 is 1.95 bits per heavy atom. The fourth-order valence-electron chi connectivity index (χ4n) is 1.97. The van der Waals surface area contributed by atoms with Gasteiger partial charge < -0.3 is 4.74 Å². The number of nitrogens with zero attached hydrogens (tertiary/aromatic N) is 6. The van der Waals surface area contributed by atoms with Gasteiger partial charge in [-0.1, -0.05) is 18.2 Å². The maximum Gasteiger partial charge on any atom is 0.342 e. The second-order valence-electron chi connectivity index (χ2n) is 4.41. The van der Waals surface area contributed by atoms with Crippen molar-refractivity contribution < 1.29 is 4.74 Å². The van der Waals surface area contributed by atoms with Gasteiger partial charge in [0, 0.05) is 7.05 Å². The van der Waals surface area contributed by atoms with E-state index in [1.54, 1.807) is 25.0 Å². The van der Waals surface area contributed by atoms with Gasteiger partial charge in [0.25, 0.3) is 0 Å². The van der Waals surface area contributed by atoms with E-state index in [1.807, 2.05) is 30.3 Å². The van der Waals surface area contributed by atoms with Crippen LogP contribution in [0.1, 0.15) is 11.3 Å². The number of benzene rings is 1. The summed E-state index contributed by atoms with van der Waals surface area (Å²) in [7, 11) is 1.71. The molecule has 0 aliphatic carbocycles. The Labute approximate surface area is 121 Å². The maximum atomic E-state index is 9.14. The van der Waals surface area contributed by atoms with E-state index in [-0.39, 0.29) is 6.01 Å². The Balaban J connectivity index is 1.91. The molecule has 0 bridgehead atoms. The van der Waals surface area contributed by atoms with Crippen LogP contribution in [0, 0.1) is 18.3 Å². The van der Waals surface area contributed by atoms with Crippen molar-refractivity contribution in [3.63, 3.8) is 0 Å². The number of aryl methyl sites for hydroxylation is 2. The average Bonchev–Trinajstić information content (AvgIpc) is 3.06. The average molecular weight is 280 g/mol. The van der Waals surface area contributed by atoms with E-state index in [1.165, 1.54) is 4.68 Å². The van der Waals surface area contributed by atoms with Crippen LogP contribution in [0.25, 0.3) is 5.69 Å². The summed E-state index contributed by atoms with van der Waals surface area (Å²) in [5, 5.41) is 17.5. The molecule has 0 N–H and O–H groups in total. The molecule has 0 aliphatic rings. The Morgan fingerprint density at radius 3 is 2.67 bits per heavy atom. The van der Waals surface area contributed by atoms with Crippen molar-refractivity contribution in [2.45, 2.75) is 6.92 Å². The molecule has 0 atom stereocenters. The Hall–Kier alpha value is -3.14. The molecule has 21 heavy (non-hydrogen) atoms. The van der Waals surface area contributed by atoms with Gasteiger partial charge in [0.15, 0.2) is 0 Å². The molecular weight excluding hydrogens is 268 g/mol. The highest BCUT2D eigenvalue weighted by atomic mass is 16.5. The molecule has 0 fully saturated rings. The predicted octanol–water partition coefficient (Wildman–Crippen LogP) is 1.97. The SMILES string of the molecule is Cc1nn(C)c(Oc2ncn(-c3ccccc3)n2)c1C#N. The van der Waals surface area contributed by atoms with E-state index in [4.69, 9.17) is 10.00 Å². The first-order chi connectivity index (χ1) is 10.2. The van der Waals surface area contributed by atoms with Crippen LogP contribution in [0.5, 0.6) is 11.9 Å². The normalized spacial score (nSPS) is 10.3. The number of para-hydroxylation sites is 1. The molecule has 0 aliphatic heterocycles. The van der Waals surface area contributed by atoms with Crippen LogP contribution in [0.2, 0.25) is 0 Å². The van der Waals surface area contributed by atoms with Crippen molar-refractivity contribution in [2.24, 2.45) is 7.05 Å². The molecule has 0 saturated heterocycles. The monoisotopic (exact) mass is 280 g/mol. The van der Waals surface area contributed by atoms with E-state index in [0.717, 1.165) is 5.69 Å². The van der Waals surface area contributed by atoms with Gasteiger partial charge in [0.2, 0.25) is 5.88 Å². The van der Waals surface area contributed by atoms with Gasteiger partial charge in [-0.3, -0.25) is 0 Å². The molecule has 7 nitrogen and oxygen atoms in total. The lowest BCUT2D eigenvalue weighted by atomic mass is 10.3. The third-order valence-electron chi connectivity index (χ3n) is 2.96. The van der Waals surface area contributed by atoms with Gasteiger partial charge in [-0.2, -0.15) is 15.3 Å². The van der Waals surface area contributed by atoms with Crippen molar-refractivity contribution in [1.82, 2.24) is 24.5 Å². The fourth-order valence-corrected chi connectivity index (χ4v) is 1.97. The standard InChI is InChI=1S/C14H12N6O/c1-10-12(8-15)13(19(2)17-10)21-14-16-9-20(18-14)11-6-4-3-5-7-11/h3-7,9H,1-2H3. The van der Waals surface area contributed by atoms with E-state index in [0.29, 0.717) is 17.1 Å². The van der Waals surface area contributed by atoms with Gasteiger partial charge in [0.1, 0.15) is 18.0 Å². The quantitative estimate of drug-likeness (QED) is 0.732. The summed E-state index contributed by atoms with van der Waals surface area (Å²) in [6, 6.07) is 11.8. The van der Waals surface area contributed by atoms with E-state index >= 15 is 0 Å². The smallest absolute Gasteiger partial charge is 0.342 e. The molecule has 1 aromatic carbocycles. The first-order valence-electron chi connectivity index (χ1n) is 6.27. The van der Waals surface area contributed by atoms with Crippen LogP contribution in [-0.2, 0) is 7.05 Å². The van der Waals surface area contributed by atoms with E-state index in [2.05, 4.69) is 21.3 Å². The second-order valence-corrected chi connectivity index (χ2v) is 4.41. The summed E-state index contributed by atoms with van der Waals surface area (Å²) in [5.74, 6) is 0.334.